The van der Waals surface area contributed by atoms with Crippen LogP contribution < -0.4 is 10.2 Å². The molecule has 1 amide bonds. The van der Waals surface area contributed by atoms with Crippen molar-refractivity contribution in [1.82, 2.24) is 15.0 Å². The minimum absolute atomic E-state index is 0.0910. The zero-order valence-corrected chi connectivity index (χ0v) is 19.3. The predicted octanol–water partition coefficient (Wildman–Crippen LogP) is 3.86. The lowest BCUT2D eigenvalue weighted by molar-refractivity contribution is 0.102. The molecule has 1 aliphatic carbocycles. The van der Waals surface area contributed by atoms with Crippen molar-refractivity contribution in [2.24, 2.45) is 0 Å². The van der Waals surface area contributed by atoms with Crippen LogP contribution in [-0.4, -0.2) is 47.2 Å². The van der Waals surface area contributed by atoms with Gasteiger partial charge in [0.25, 0.3) is 5.91 Å². The number of morpholine rings is 1. The van der Waals surface area contributed by atoms with E-state index < -0.39 is 0 Å². The molecule has 0 aromatic carbocycles. The van der Waals surface area contributed by atoms with Crippen molar-refractivity contribution >= 4 is 17.4 Å². The maximum absolute atomic E-state index is 12.9. The third-order valence-electron chi connectivity index (χ3n) is 6.59. The van der Waals surface area contributed by atoms with Crippen LogP contribution in [0.2, 0.25) is 0 Å². The minimum Gasteiger partial charge on any atom is -0.378 e. The fourth-order valence-electron chi connectivity index (χ4n) is 4.16. The number of hydrogen-bond donors (Lipinski definition) is 1. The molecule has 34 heavy (non-hydrogen) atoms. The van der Waals surface area contributed by atoms with E-state index in [2.05, 4.69) is 38.2 Å². The van der Waals surface area contributed by atoms with Gasteiger partial charge in [0.2, 0.25) is 0 Å². The number of amides is 1. The summed E-state index contributed by atoms with van der Waals surface area (Å²) in [5.74, 6) is 0.463. The zero-order valence-electron chi connectivity index (χ0n) is 19.3. The molecule has 8 heteroatoms. The Morgan fingerprint density at radius 3 is 2.68 bits per heavy atom. The molecule has 1 N–H and O–H groups in total. The number of nitrogens with one attached hydrogen (secondary N) is 1. The van der Waals surface area contributed by atoms with Crippen molar-refractivity contribution in [1.29, 1.82) is 5.26 Å². The molecule has 0 spiro atoms. The van der Waals surface area contributed by atoms with Crippen molar-refractivity contribution in [3.63, 3.8) is 0 Å². The predicted molar refractivity (Wildman–Crippen MR) is 129 cm³/mol. The molecule has 3 aromatic heterocycles. The lowest BCUT2D eigenvalue weighted by atomic mass is 10.0. The highest BCUT2D eigenvalue weighted by atomic mass is 16.5. The number of nitrogens with zero attached hydrogens (tertiary/aromatic N) is 5. The Labute approximate surface area is 198 Å². The number of carbonyl (C=O) groups is 1. The second-order valence-electron chi connectivity index (χ2n) is 9.11. The first-order valence-corrected chi connectivity index (χ1v) is 11.4. The van der Waals surface area contributed by atoms with E-state index in [1.165, 1.54) is 0 Å². The molecule has 1 aliphatic heterocycles. The summed E-state index contributed by atoms with van der Waals surface area (Å²) < 4.78 is 5.41. The van der Waals surface area contributed by atoms with Gasteiger partial charge in [-0.25, -0.2) is 4.98 Å². The number of aryl methyl sites for hydroxylation is 1. The van der Waals surface area contributed by atoms with E-state index in [0.29, 0.717) is 48.9 Å². The molecule has 0 atom stereocenters. The quantitative estimate of drug-likeness (QED) is 0.624. The van der Waals surface area contributed by atoms with Crippen LogP contribution in [-0.2, 0) is 10.2 Å². The topological polar surface area (TPSA) is 104 Å². The summed E-state index contributed by atoms with van der Waals surface area (Å²) in [5, 5.41) is 12.7. The Balaban J connectivity index is 1.40. The molecule has 1 saturated carbocycles. The van der Waals surface area contributed by atoms with Crippen LogP contribution in [0.15, 0.2) is 42.9 Å². The van der Waals surface area contributed by atoms with E-state index >= 15 is 0 Å². The summed E-state index contributed by atoms with van der Waals surface area (Å²) in [6, 6.07) is 9.57. The molecular weight excluding hydrogens is 428 g/mol. The van der Waals surface area contributed by atoms with Gasteiger partial charge in [0.05, 0.1) is 30.7 Å². The molecule has 5 rings (SSSR count). The molecule has 172 valence electrons. The standard InChI is InChI=1S/C26H26N6O2/c1-17-22(20-11-19(14-27)24(30-15-20)32-7-9-34-10-8-32)13-21(16-29-17)31-25(33)18-3-6-28-23(12-18)26(2)4-5-26/h3,6,11-13,15-16H,4-5,7-10H2,1-2H3,(H,31,33). The Morgan fingerprint density at radius 2 is 1.94 bits per heavy atom. The van der Waals surface area contributed by atoms with Crippen LogP contribution >= 0.6 is 0 Å². The number of nitriles is 1. The summed E-state index contributed by atoms with van der Waals surface area (Å²) in [4.78, 5) is 28.5. The van der Waals surface area contributed by atoms with Gasteiger partial charge in [-0.2, -0.15) is 5.26 Å². The highest BCUT2D eigenvalue weighted by Gasteiger charge is 2.40. The molecule has 2 aliphatic rings. The summed E-state index contributed by atoms with van der Waals surface area (Å²) in [6.07, 6.45) is 7.28. The van der Waals surface area contributed by atoms with Gasteiger partial charge < -0.3 is 15.0 Å². The Morgan fingerprint density at radius 1 is 1.15 bits per heavy atom. The molecule has 8 nitrogen and oxygen atoms in total. The highest BCUT2D eigenvalue weighted by molar-refractivity contribution is 6.04. The smallest absolute Gasteiger partial charge is 0.255 e. The molecule has 4 heterocycles. The zero-order chi connectivity index (χ0) is 23.7. The number of rotatable bonds is 5. The summed E-state index contributed by atoms with van der Waals surface area (Å²) in [6.45, 7) is 6.72. The Bertz CT molecular complexity index is 1290. The van der Waals surface area contributed by atoms with Crippen molar-refractivity contribution in [3.05, 3.63) is 65.4 Å². The van der Waals surface area contributed by atoms with E-state index in [0.717, 1.165) is 35.4 Å². The second-order valence-corrected chi connectivity index (χ2v) is 9.11. The van der Waals surface area contributed by atoms with E-state index in [9.17, 15) is 10.1 Å². The van der Waals surface area contributed by atoms with Crippen LogP contribution in [0, 0.1) is 18.3 Å². The second kappa shape index (κ2) is 8.84. The third kappa shape index (κ3) is 4.35. The molecule has 3 aromatic rings. The fraction of sp³-hybridized carbons (Fsp3) is 0.346. The number of pyridine rings is 3. The maximum atomic E-state index is 12.9. The molecule has 0 unspecified atom stereocenters. The molecule has 0 radical (unpaired) electrons. The van der Waals surface area contributed by atoms with Gasteiger partial charge in [-0.3, -0.25) is 14.8 Å². The van der Waals surface area contributed by atoms with E-state index in [4.69, 9.17) is 4.74 Å². The number of aromatic nitrogens is 3. The third-order valence-corrected chi connectivity index (χ3v) is 6.59. The van der Waals surface area contributed by atoms with Gasteiger partial charge in [0.15, 0.2) is 0 Å². The normalized spacial score (nSPS) is 16.6. The van der Waals surface area contributed by atoms with Crippen molar-refractivity contribution in [2.45, 2.75) is 32.1 Å². The van der Waals surface area contributed by atoms with Crippen LogP contribution in [0.5, 0.6) is 0 Å². The number of anilines is 2. The maximum Gasteiger partial charge on any atom is 0.255 e. The van der Waals surface area contributed by atoms with Crippen LogP contribution in [0.25, 0.3) is 11.1 Å². The first kappa shape index (κ1) is 22.0. The van der Waals surface area contributed by atoms with Crippen molar-refractivity contribution in [3.8, 4) is 17.2 Å². The molecule has 2 fully saturated rings. The number of carbonyl (C=O) groups excluding carboxylic acids is 1. The van der Waals surface area contributed by atoms with Gasteiger partial charge in [0.1, 0.15) is 11.9 Å². The van der Waals surface area contributed by atoms with Crippen LogP contribution in [0.3, 0.4) is 0 Å². The van der Waals surface area contributed by atoms with Gasteiger partial charge in [-0.05, 0) is 44.0 Å². The van der Waals surface area contributed by atoms with Crippen LogP contribution in [0.1, 0.15) is 47.1 Å². The number of ether oxygens (including phenoxy) is 1. The van der Waals surface area contributed by atoms with Gasteiger partial charge in [-0.1, -0.05) is 6.92 Å². The van der Waals surface area contributed by atoms with Gasteiger partial charge in [0, 0.05) is 59.0 Å². The van der Waals surface area contributed by atoms with E-state index in [-0.39, 0.29) is 11.3 Å². The molecule has 1 saturated heterocycles. The van der Waals surface area contributed by atoms with Crippen molar-refractivity contribution in [2.75, 3.05) is 36.5 Å². The number of hydrogen-bond acceptors (Lipinski definition) is 7. The Hall–Kier alpha value is -3.83. The van der Waals surface area contributed by atoms with Gasteiger partial charge in [-0.15, -0.1) is 0 Å². The van der Waals surface area contributed by atoms with Crippen LogP contribution in [0.4, 0.5) is 11.5 Å². The largest absolute Gasteiger partial charge is 0.378 e. The van der Waals surface area contributed by atoms with Crippen molar-refractivity contribution < 1.29 is 9.53 Å². The SMILES string of the molecule is Cc1ncc(NC(=O)c2ccnc(C3(C)CC3)c2)cc1-c1cnc(N2CCOCC2)c(C#N)c1. The minimum atomic E-state index is -0.206. The monoisotopic (exact) mass is 454 g/mol. The summed E-state index contributed by atoms with van der Waals surface area (Å²) >= 11 is 0. The Kier molecular flexibility index (Phi) is 5.72. The average Bonchev–Trinajstić information content (AvgIpc) is 3.64. The lowest BCUT2D eigenvalue weighted by Crippen LogP contribution is -2.37. The molecular formula is C26H26N6O2. The average molecular weight is 455 g/mol. The summed E-state index contributed by atoms with van der Waals surface area (Å²) in [5.41, 5.74) is 5.09. The van der Waals surface area contributed by atoms with E-state index in [1.54, 1.807) is 24.7 Å². The van der Waals surface area contributed by atoms with E-state index in [1.807, 2.05) is 25.1 Å². The lowest BCUT2D eigenvalue weighted by Gasteiger charge is -2.28. The highest BCUT2D eigenvalue weighted by Crippen LogP contribution is 2.46. The first-order valence-electron chi connectivity index (χ1n) is 11.4. The first-order chi connectivity index (χ1) is 16.5. The van der Waals surface area contributed by atoms with Gasteiger partial charge >= 0.3 is 0 Å². The summed E-state index contributed by atoms with van der Waals surface area (Å²) in [7, 11) is 0. The molecule has 0 bridgehead atoms. The fourth-order valence-corrected chi connectivity index (χ4v) is 4.16.